The minimum Gasteiger partial charge on any atom is -0.569 e. The van der Waals surface area contributed by atoms with Gasteiger partial charge in [-0.2, -0.15) is 18.3 Å². The molecule has 1 aliphatic heterocycles. The number of nitrogens with one attached hydrogen (secondary N) is 1. The lowest BCUT2D eigenvalue weighted by molar-refractivity contribution is -0.730. The zero-order valence-corrected chi connectivity index (χ0v) is 23.9. The molecule has 1 N–H and O–H groups in total. The molecule has 0 bridgehead atoms. The second kappa shape index (κ2) is 12.3. The normalized spacial score (nSPS) is 16.3. The van der Waals surface area contributed by atoms with Crippen LogP contribution in [0.4, 0.5) is 13.2 Å². The van der Waals surface area contributed by atoms with Gasteiger partial charge in [-0.1, -0.05) is 36.8 Å². The zero-order chi connectivity index (χ0) is 31.5. The van der Waals surface area contributed by atoms with Crippen LogP contribution >= 0.6 is 0 Å². The van der Waals surface area contributed by atoms with Gasteiger partial charge in [0.1, 0.15) is 0 Å². The van der Waals surface area contributed by atoms with Gasteiger partial charge in [-0.3, -0.25) is 14.4 Å². The zero-order valence-electron chi connectivity index (χ0n) is 23.1. The number of hydrogen-bond donors (Lipinski definition) is 1. The second-order valence-corrected chi connectivity index (χ2v) is 11.2. The fourth-order valence-electron chi connectivity index (χ4n) is 3.96. The molecule has 230 valence electrons. The van der Waals surface area contributed by atoms with Gasteiger partial charge in [0, 0.05) is 25.3 Å². The molecule has 1 fully saturated rings. The molecule has 1 amide bonds. The summed E-state index contributed by atoms with van der Waals surface area (Å²) in [5.41, 5.74) is 0.518. The summed E-state index contributed by atoms with van der Waals surface area (Å²) in [6, 6.07) is 11.2. The van der Waals surface area contributed by atoms with Gasteiger partial charge >= 0.3 is 12.1 Å². The first-order chi connectivity index (χ1) is 20.2. The Kier molecular flexibility index (Phi) is 8.93. The van der Waals surface area contributed by atoms with Crippen LogP contribution in [0, 0.1) is 12.1 Å². The number of esters is 1. The van der Waals surface area contributed by atoms with Crippen molar-refractivity contribution in [2.45, 2.75) is 57.0 Å². The Morgan fingerprint density at radius 2 is 1.84 bits per heavy atom. The van der Waals surface area contributed by atoms with Gasteiger partial charge in [0.05, 0.1) is 27.8 Å². The molecule has 2 atom stereocenters. The number of aromatic nitrogens is 2. The third-order valence-electron chi connectivity index (χ3n) is 6.34. The number of hydrogen-bond acceptors (Lipinski definition) is 9. The molecule has 3 aromatic rings. The van der Waals surface area contributed by atoms with E-state index in [-0.39, 0.29) is 40.6 Å². The van der Waals surface area contributed by atoms with E-state index in [2.05, 4.69) is 10.4 Å². The Balaban J connectivity index is 1.48. The first kappa shape index (κ1) is 31.3. The van der Waals surface area contributed by atoms with E-state index in [1.807, 2.05) is 11.6 Å². The Labute approximate surface area is 244 Å². The number of rotatable bonds is 10. The summed E-state index contributed by atoms with van der Waals surface area (Å²) in [5.74, 6) is -1.60. The number of nitrogens with zero attached hydrogens (tertiary/aromatic N) is 5. The summed E-state index contributed by atoms with van der Waals surface area (Å²) >= 11 is 0. The molecular weight excluding hydrogens is 597 g/mol. The van der Waals surface area contributed by atoms with Crippen molar-refractivity contribution in [2.75, 3.05) is 6.54 Å². The highest BCUT2D eigenvalue weighted by atomic mass is 32.2. The first-order valence-electron chi connectivity index (χ1n) is 12.9. The molecule has 4 rings (SSSR count). The summed E-state index contributed by atoms with van der Waals surface area (Å²) in [4.78, 5) is 28.3. The van der Waals surface area contributed by atoms with Gasteiger partial charge in [0.2, 0.25) is 5.28 Å². The summed E-state index contributed by atoms with van der Waals surface area (Å²) < 4.78 is 74.0. The molecule has 1 unspecified atom stereocenters. The van der Waals surface area contributed by atoms with E-state index in [9.17, 15) is 36.4 Å². The van der Waals surface area contributed by atoms with Crippen LogP contribution in [-0.2, 0) is 35.4 Å². The maximum atomic E-state index is 13.5. The topological polar surface area (TPSA) is 158 Å². The molecule has 2 heterocycles. The maximum Gasteiger partial charge on any atom is 0.435 e. The molecule has 43 heavy (non-hydrogen) atoms. The number of halogens is 3. The fraction of sp³-hybridized carbons (Fsp3) is 0.346. The van der Waals surface area contributed by atoms with Crippen LogP contribution in [0.5, 0.6) is 0 Å². The molecule has 1 aliphatic rings. The smallest absolute Gasteiger partial charge is 0.435 e. The highest BCUT2D eigenvalue weighted by Crippen LogP contribution is 2.33. The lowest BCUT2D eigenvalue weighted by Gasteiger charge is -2.34. The van der Waals surface area contributed by atoms with Gasteiger partial charge in [0.25, 0.3) is 22.2 Å². The molecule has 2 aromatic carbocycles. The SMILES string of the molecule is CCC(=O)OC(C)O/N=[N+](\[O-])N1CC[C@H]1C(=O)NS(=O)(=O)c1ccc(-n2nc(C(F)(F)F)cc2-c2ccc(C)cc2)cc1. The van der Waals surface area contributed by atoms with E-state index in [4.69, 9.17) is 9.57 Å². The standard InChI is InChI=1S/C26H27F3N6O7S/c1-4-24(36)41-17(3)42-32-35(38)33-14-13-21(33)25(37)31-43(39,40)20-11-9-19(10-12-20)34-22(15-23(30-34)26(27,28)29)18-7-5-16(2)6-8-18/h5-12,15,17,21H,4,13-14H2,1-3H3,(H,31,37)/b35-32-/t17?,21-/m0/s1. The third kappa shape index (κ3) is 7.22. The fourth-order valence-corrected chi connectivity index (χ4v) is 4.97. The van der Waals surface area contributed by atoms with Gasteiger partial charge in [0.15, 0.2) is 11.7 Å². The van der Waals surface area contributed by atoms with Crippen molar-refractivity contribution < 1.29 is 45.7 Å². The van der Waals surface area contributed by atoms with Crippen LogP contribution in [0.15, 0.2) is 64.8 Å². The van der Waals surface area contributed by atoms with Crippen LogP contribution in [0.25, 0.3) is 16.9 Å². The lowest BCUT2D eigenvalue weighted by Crippen LogP contribution is -2.59. The predicted octanol–water partition coefficient (Wildman–Crippen LogP) is 3.85. The number of carbonyl (C=O) groups excluding carboxylic acids is 2. The average molecular weight is 625 g/mol. The van der Waals surface area contributed by atoms with E-state index in [0.717, 1.165) is 33.5 Å². The molecule has 0 saturated carbocycles. The Hall–Kier alpha value is -4.67. The first-order valence-corrected chi connectivity index (χ1v) is 14.4. The molecule has 0 radical (unpaired) electrons. The van der Waals surface area contributed by atoms with Crippen molar-refractivity contribution in [1.29, 1.82) is 0 Å². The number of aryl methyl sites for hydroxylation is 1. The van der Waals surface area contributed by atoms with Gasteiger partial charge < -0.3 is 9.94 Å². The van der Waals surface area contributed by atoms with E-state index in [0.29, 0.717) is 5.56 Å². The van der Waals surface area contributed by atoms with Crippen molar-refractivity contribution >= 4 is 21.9 Å². The van der Waals surface area contributed by atoms with Gasteiger partial charge in [-0.15, -0.1) is 5.01 Å². The van der Waals surface area contributed by atoms with E-state index < -0.39 is 46.1 Å². The molecule has 1 saturated heterocycles. The highest BCUT2D eigenvalue weighted by molar-refractivity contribution is 7.90. The van der Waals surface area contributed by atoms with Crippen molar-refractivity contribution in [3.05, 3.63) is 71.1 Å². The third-order valence-corrected chi connectivity index (χ3v) is 7.70. The van der Waals surface area contributed by atoms with Gasteiger partial charge in [-0.25, -0.2) is 17.8 Å². The van der Waals surface area contributed by atoms with Crippen LogP contribution in [0.3, 0.4) is 0 Å². The minimum absolute atomic E-state index is 0.0453. The molecule has 13 nitrogen and oxygen atoms in total. The molecular formula is C26H27F3N6O7S. The van der Waals surface area contributed by atoms with E-state index in [1.165, 1.54) is 19.1 Å². The number of sulfonamides is 1. The van der Waals surface area contributed by atoms with Gasteiger partial charge in [-0.05, 0) is 37.3 Å². The average Bonchev–Trinajstić information content (AvgIpc) is 3.38. The number of alkyl halides is 3. The summed E-state index contributed by atoms with van der Waals surface area (Å²) in [6.45, 7) is 4.79. The lowest BCUT2D eigenvalue weighted by atomic mass is 10.1. The summed E-state index contributed by atoms with van der Waals surface area (Å²) in [5, 5.41) is 20.0. The Morgan fingerprint density at radius 1 is 1.19 bits per heavy atom. The number of benzene rings is 2. The molecule has 17 heteroatoms. The monoisotopic (exact) mass is 624 g/mol. The quantitative estimate of drug-likeness (QED) is 0.116. The maximum absolute atomic E-state index is 13.5. The Morgan fingerprint density at radius 3 is 2.40 bits per heavy atom. The van der Waals surface area contributed by atoms with Crippen molar-refractivity contribution in [3.63, 3.8) is 0 Å². The van der Waals surface area contributed by atoms with Crippen LogP contribution in [0.1, 0.15) is 37.9 Å². The van der Waals surface area contributed by atoms with Crippen molar-refractivity contribution in [2.24, 2.45) is 5.28 Å². The Bertz CT molecular complexity index is 1620. The summed E-state index contributed by atoms with van der Waals surface area (Å²) in [7, 11) is -4.43. The molecule has 0 aliphatic carbocycles. The van der Waals surface area contributed by atoms with Crippen molar-refractivity contribution in [3.8, 4) is 16.9 Å². The van der Waals surface area contributed by atoms with Crippen molar-refractivity contribution in [1.82, 2.24) is 19.5 Å². The van der Waals surface area contributed by atoms with Crippen LogP contribution in [-0.4, -0.2) is 58.9 Å². The number of hydrazine groups is 1. The predicted molar refractivity (Wildman–Crippen MR) is 142 cm³/mol. The second-order valence-electron chi connectivity index (χ2n) is 9.47. The van der Waals surface area contributed by atoms with E-state index in [1.54, 1.807) is 31.2 Å². The van der Waals surface area contributed by atoms with Crippen LogP contribution in [0.2, 0.25) is 0 Å². The molecule has 0 spiro atoms. The number of ether oxygens (including phenoxy) is 1. The van der Waals surface area contributed by atoms with E-state index >= 15 is 0 Å². The number of amides is 1. The summed E-state index contributed by atoms with van der Waals surface area (Å²) in [6.07, 6.45) is -5.67. The van der Waals surface area contributed by atoms with Crippen LogP contribution < -0.4 is 4.72 Å². The largest absolute Gasteiger partial charge is 0.569 e. The minimum atomic E-state index is -4.72. The number of carbonyl (C=O) groups is 2. The molecule has 1 aromatic heterocycles. The highest BCUT2D eigenvalue weighted by Gasteiger charge is 2.42.